The van der Waals surface area contributed by atoms with Crippen LogP contribution in [0, 0.1) is 0 Å². The van der Waals surface area contributed by atoms with E-state index in [-0.39, 0.29) is 6.10 Å². The van der Waals surface area contributed by atoms with Gasteiger partial charge in [0, 0.05) is 37.3 Å². The van der Waals surface area contributed by atoms with Crippen molar-refractivity contribution >= 4 is 5.96 Å². The van der Waals surface area contributed by atoms with E-state index in [1.807, 2.05) is 18.2 Å². The van der Waals surface area contributed by atoms with Gasteiger partial charge in [0.05, 0.1) is 33.5 Å². The van der Waals surface area contributed by atoms with Crippen molar-refractivity contribution in [3.63, 3.8) is 0 Å². The molecule has 2 unspecified atom stereocenters. The van der Waals surface area contributed by atoms with Crippen LogP contribution in [0.2, 0.25) is 0 Å². The minimum atomic E-state index is 0.207. The molecule has 0 aromatic heterocycles. The number of aliphatic imine (C=N–C) groups is 1. The van der Waals surface area contributed by atoms with E-state index in [2.05, 4.69) is 22.5 Å². The third-order valence-electron chi connectivity index (χ3n) is 5.20. The highest BCUT2D eigenvalue weighted by molar-refractivity contribution is 5.79. The SMILES string of the molecule is CCNC(=NCc1ccc(OC)cc1OC)NCC1CN2CCCC2CO1. The number of nitrogens with zero attached hydrogens (tertiary/aromatic N) is 2. The van der Waals surface area contributed by atoms with Crippen LogP contribution in [0.5, 0.6) is 11.5 Å². The van der Waals surface area contributed by atoms with Crippen LogP contribution < -0.4 is 20.1 Å². The first-order valence-corrected chi connectivity index (χ1v) is 9.82. The van der Waals surface area contributed by atoms with Crippen LogP contribution in [-0.2, 0) is 11.3 Å². The number of fused-ring (bicyclic) bond motifs is 1. The van der Waals surface area contributed by atoms with Gasteiger partial charge in [0.2, 0.25) is 0 Å². The van der Waals surface area contributed by atoms with Gasteiger partial charge in [0.1, 0.15) is 11.5 Å². The van der Waals surface area contributed by atoms with Crippen LogP contribution in [0.4, 0.5) is 0 Å². The number of nitrogens with one attached hydrogen (secondary N) is 2. The Kier molecular flexibility index (Phi) is 7.18. The Labute approximate surface area is 162 Å². The summed E-state index contributed by atoms with van der Waals surface area (Å²) in [5, 5.41) is 6.73. The Morgan fingerprint density at radius 3 is 2.96 bits per heavy atom. The highest BCUT2D eigenvalue weighted by Gasteiger charge is 2.32. The van der Waals surface area contributed by atoms with E-state index < -0.39 is 0 Å². The second-order valence-electron chi connectivity index (χ2n) is 7.00. The first kappa shape index (κ1) is 19.8. The average Bonchev–Trinajstić information content (AvgIpc) is 3.17. The van der Waals surface area contributed by atoms with Crippen molar-refractivity contribution < 1.29 is 14.2 Å². The zero-order valence-corrected chi connectivity index (χ0v) is 16.7. The number of guanidine groups is 1. The normalized spacial score (nSPS) is 23.0. The predicted molar refractivity (Wildman–Crippen MR) is 107 cm³/mol. The lowest BCUT2D eigenvalue weighted by atomic mass is 10.2. The molecule has 0 saturated carbocycles. The first-order valence-electron chi connectivity index (χ1n) is 9.82. The molecule has 2 N–H and O–H groups in total. The molecule has 27 heavy (non-hydrogen) atoms. The molecule has 2 fully saturated rings. The largest absolute Gasteiger partial charge is 0.497 e. The van der Waals surface area contributed by atoms with Gasteiger partial charge < -0.3 is 24.8 Å². The fourth-order valence-corrected chi connectivity index (χ4v) is 3.71. The van der Waals surface area contributed by atoms with Crippen LogP contribution in [0.1, 0.15) is 25.3 Å². The highest BCUT2D eigenvalue weighted by Crippen LogP contribution is 2.25. The lowest BCUT2D eigenvalue weighted by molar-refractivity contribution is -0.0453. The van der Waals surface area contributed by atoms with Crippen molar-refractivity contribution in [2.24, 2.45) is 4.99 Å². The van der Waals surface area contributed by atoms with Gasteiger partial charge in [0.25, 0.3) is 0 Å². The van der Waals surface area contributed by atoms with Gasteiger partial charge in [-0.05, 0) is 38.4 Å². The van der Waals surface area contributed by atoms with Crippen LogP contribution in [0.3, 0.4) is 0 Å². The molecule has 2 aliphatic rings. The molecular weight excluding hydrogens is 344 g/mol. The van der Waals surface area contributed by atoms with E-state index in [4.69, 9.17) is 19.2 Å². The molecule has 7 nitrogen and oxygen atoms in total. The van der Waals surface area contributed by atoms with Crippen molar-refractivity contribution in [1.82, 2.24) is 15.5 Å². The minimum Gasteiger partial charge on any atom is -0.497 e. The van der Waals surface area contributed by atoms with E-state index in [0.717, 1.165) is 49.3 Å². The van der Waals surface area contributed by atoms with E-state index in [0.29, 0.717) is 12.6 Å². The molecule has 150 valence electrons. The van der Waals surface area contributed by atoms with Crippen molar-refractivity contribution in [2.75, 3.05) is 47.0 Å². The number of morpholine rings is 1. The van der Waals surface area contributed by atoms with Crippen LogP contribution >= 0.6 is 0 Å². The number of hydrogen-bond donors (Lipinski definition) is 2. The second kappa shape index (κ2) is 9.80. The average molecular weight is 377 g/mol. The maximum atomic E-state index is 6.02. The summed E-state index contributed by atoms with van der Waals surface area (Å²) in [6.07, 6.45) is 2.77. The Hall–Kier alpha value is -1.99. The summed E-state index contributed by atoms with van der Waals surface area (Å²) in [6, 6.07) is 6.43. The molecule has 2 saturated heterocycles. The van der Waals surface area contributed by atoms with Gasteiger partial charge in [0.15, 0.2) is 5.96 Å². The lowest BCUT2D eigenvalue weighted by Crippen LogP contribution is -2.51. The molecule has 1 aromatic rings. The lowest BCUT2D eigenvalue weighted by Gasteiger charge is -2.35. The highest BCUT2D eigenvalue weighted by atomic mass is 16.5. The Morgan fingerprint density at radius 2 is 2.19 bits per heavy atom. The molecule has 1 aromatic carbocycles. The van der Waals surface area contributed by atoms with Crippen LogP contribution in [0.25, 0.3) is 0 Å². The molecular formula is C20H32N4O3. The maximum Gasteiger partial charge on any atom is 0.191 e. The van der Waals surface area contributed by atoms with E-state index in [9.17, 15) is 0 Å². The zero-order chi connectivity index (χ0) is 19.1. The van der Waals surface area contributed by atoms with Crippen molar-refractivity contribution in [3.05, 3.63) is 23.8 Å². The number of rotatable bonds is 7. The topological polar surface area (TPSA) is 67.4 Å². The quantitative estimate of drug-likeness (QED) is 0.557. The van der Waals surface area contributed by atoms with E-state index in [1.54, 1.807) is 14.2 Å². The third kappa shape index (κ3) is 5.26. The van der Waals surface area contributed by atoms with Gasteiger partial charge >= 0.3 is 0 Å². The van der Waals surface area contributed by atoms with Gasteiger partial charge in [-0.15, -0.1) is 0 Å². The summed E-state index contributed by atoms with van der Waals surface area (Å²) in [5.41, 5.74) is 1.02. The molecule has 3 rings (SSSR count). The van der Waals surface area contributed by atoms with Gasteiger partial charge in [-0.1, -0.05) is 0 Å². The molecule has 2 heterocycles. The number of methoxy groups -OCH3 is 2. The third-order valence-corrected chi connectivity index (χ3v) is 5.20. The van der Waals surface area contributed by atoms with E-state index in [1.165, 1.54) is 19.4 Å². The standard InChI is InChI=1S/C20H32N4O3/c1-4-21-20(22-11-15-7-8-17(25-2)10-19(15)26-3)23-12-18-13-24-9-5-6-16(24)14-27-18/h7-8,10,16,18H,4-6,9,11-14H2,1-3H3,(H2,21,22,23). The molecule has 0 bridgehead atoms. The summed E-state index contributed by atoms with van der Waals surface area (Å²) in [4.78, 5) is 7.26. The molecule has 0 spiro atoms. The molecule has 2 atom stereocenters. The van der Waals surface area contributed by atoms with Crippen molar-refractivity contribution in [2.45, 2.75) is 38.5 Å². The molecule has 7 heteroatoms. The maximum absolute atomic E-state index is 6.02. The minimum absolute atomic E-state index is 0.207. The van der Waals surface area contributed by atoms with Crippen molar-refractivity contribution in [1.29, 1.82) is 0 Å². The monoisotopic (exact) mass is 376 g/mol. The summed E-state index contributed by atoms with van der Waals surface area (Å²) < 4.78 is 16.7. The predicted octanol–water partition coefficient (Wildman–Crippen LogP) is 1.62. The fourth-order valence-electron chi connectivity index (χ4n) is 3.71. The zero-order valence-electron chi connectivity index (χ0n) is 16.7. The number of hydrogen-bond acceptors (Lipinski definition) is 5. The van der Waals surface area contributed by atoms with Gasteiger partial charge in [-0.3, -0.25) is 4.90 Å². The Bertz CT molecular complexity index is 638. The Morgan fingerprint density at radius 1 is 1.30 bits per heavy atom. The summed E-state index contributed by atoms with van der Waals surface area (Å²) >= 11 is 0. The summed E-state index contributed by atoms with van der Waals surface area (Å²) in [6.45, 7) is 7.22. The molecule has 0 amide bonds. The summed E-state index contributed by atoms with van der Waals surface area (Å²) in [7, 11) is 3.31. The smallest absolute Gasteiger partial charge is 0.191 e. The fraction of sp³-hybridized carbons (Fsp3) is 0.650. The first-order chi connectivity index (χ1) is 13.2. The summed E-state index contributed by atoms with van der Waals surface area (Å²) in [5.74, 6) is 2.35. The van der Waals surface area contributed by atoms with Gasteiger partial charge in [-0.25, -0.2) is 4.99 Å². The number of ether oxygens (including phenoxy) is 3. The molecule has 0 radical (unpaired) electrons. The second-order valence-corrected chi connectivity index (χ2v) is 7.00. The van der Waals surface area contributed by atoms with Crippen LogP contribution in [0.15, 0.2) is 23.2 Å². The van der Waals surface area contributed by atoms with Crippen molar-refractivity contribution in [3.8, 4) is 11.5 Å². The van der Waals surface area contributed by atoms with Gasteiger partial charge in [-0.2, -0.15) is 0 Å². The molecule has 0 aliphatic carbocycles. The van der Waals surface area contributed by atoms with Crippen LogP contribution in [-0.4, -0.2) is 70.0 Å². The number of benzene rings is 1. The van der Waals surface area contributed by atoms with E-state index >= 15 is 0 Å². The molecule has 2 aliphatic heterocycles. The Balaban J connectivity index is 1.56.